The molecule has 2 rings (SSSR count). The molecule has 0 aromatic carbocycles. The lowest BCUT2D eigenvalue weighted by molar-refractivity contribution is 0.0201. The number of hydrogen-bond donors (Lipinski definition) is 1. The average Bonchev–Trinajstić information content (AvgIpc) is 2.68. The molecule has 1 atom stereocenters. The maximum absolute atomic E-state index is 12.0. The van der Waals surface area contributed by atoms with E-state index in [0.717, 1.165) is 10.6 Å². The third kappa shape index (κ3) is 1.92. The van der Waals surface area contributed by atoms with Crippen LogP contribution < -0.4 is 0 Å². The monoisotopic (exact) mass is 236 g/mol. The van der Waals surface area contributed by atoms with Crippen molar-refractivity contribution in [1.82, 2.24) is 9.88 Å². The summed E-state index contributed by atoms with van der Waals surface area (Å²) in [4.78, 5) is 28.0. The molecule has 1 aromatic rings. The molecular formula is C12H16N2O3. The number of carbonyl (C=O) groups is 2. The van der Waals surface area contributed by atoms with Crippen LogP contribution in [0, 0.1) is 0 Å². The third-order valence-corrected chi connectivity index (χ3v) is 2.62. The Morgan fingerprint density at radius 2 is 2.12 bits per heavy atom. The second-order valence-corrected chi connectivity index (χ2v) is 5.14. The zero-order valence-corrected chi connectivity index (χ0v) is 10.4. The molecule has 0 fully saturated rings. The van der Waals surface area contributed by atoms with E-state index in [9.17, 15) is 9.59 Å². The molecule has 2 amide bonds. The molecule has 0 radical (unpaired) electrons. The minimum atomic E-state index is -0.604. The summed E-state index contributed by atoms with van der Waals surface area (Å²) in [5.41, 5.74) is 0.706. The predicted octanol–water partition coefficient (Wildman–Crippen LogP) is 2.47. The fraction of sp³-hybridized carbons (Fsp3) is 0.500. The lowest BCUT2D eigenvalue weighted by atomic mass is 10.2. The van der Waals surface area contributed by atoms with Crippen molar-refractivity contribution < 1.29 is 14.3 Å². The fourth-order valence-corrected chi connectivity index (χ4v) is 1.90. The molecule has 17 heavy (non-hydrogen) atoms. The van der Waals surface area contributed by atoms with Gasteiger partial charge in [-0.2, -0.15) is 0 Å². The van der Waals surface area contributed by atoms with Crippen molar-refractivity contribution >= 4 is 12.0 Å². The molecule has 92 valence electrons. The van der Waals surface area contributed by atoms with Gasteiger partial charge in [0.2, 0.25) is 0 Å². The van der Waals surface area contributed by atoms with Gasteiger partial charge in [-0.05, 0) is 33.8 Å². The molecule has 0 bridgehead atoms. The van der Waals surface area contributed by atoms with Crippen LogP contribution in [0.4, 0.5) is 4.79 Å². The van der Waals surface area contributed by atoms with E-state index in [-0.39, 0.29) is 11.9 Å². The first-order valence-corrected chi connectivity index (χ1v) is 5.55. The van der Waals surface area contributed by atoms with E-state index in [0.29, 0.717) is 5.56 Å². The minimum absolute atomic E-state index is 0.303. The lowest BCUT2D eigenvalue weighted by Gasteiger charge is -2.25. The van der Waals surface area contributed by atoms with Crippen LogP contribution in [0.1, 0.15) is 49.8 Å². The number of hydrogen-bond acceptors (Lipinski definition) is 3. The van der Waals surface area contributed by atoms with Gasteiger partial charge in [-0.1, -0.05) is 0 Å². The minimum Gasteiger partial charge on any atom is -0.443 e. The number of carbonyl (C=O) groups excluding carboxylic acids is 2. The highest BCUT2D eigenvalue weighted by Gasteiger charge is 2.41. The van der Waals surface area contributed by atoms with Gasteiger partial charge in [0.15, 0.2) is 0 Å². The number of H-pyrrole nitrogens is 1. The van der Waals surface area contributed by atoms with Crippen LogP contribution in [-0.4, -0.2) is 27.5 Å². The summed E-state index contributed by atoms with van der Waals surface area (Å²) in [5, 5.41) is 0. The number of amides is 2. The van der Waals surface area contributed by atoms with Gasteiger partial charge in [-0.25, -0.2) is 9.69 Å². The molecular weight excluding hydrogens is 220 g/mol. The van der Waals surface area contributed by atoms with Crippen molar-refractivity contribution in [2.24, 2.45) is 0 Å². The van der Waals surface area contributed by atoms with Gasteiger partial charge in [-0.15, -0.1) is 0 Å². The lowest BCUT2D eigenvalue weighted by Crippen LogP contribution is -2.38. The molecule has 2 heterocycles. The van der Waals surface area contributed by atoms with Crippen LogP contribution in [-0.2, 0) is 4.74 Å². The van der Waals surface area contributed by atoms with E-state index in [1.165, 1.54) is 0 Å². The van der Waals surface area contributed by atoms with Crippen LogP contribution in [0.15, 0.2) is 12.3 Å². The summed E-state index contributed by atoms with van der Waals surface area (Å²) in [6.45, 7) is 7.12. The summed E-state index contributed by atoms with van der Waals surface area (Å²) in [7, 11) is 0. The van der Waals surface area contributed by atoms with Gasteiger partial charge in [0, 0.05) is 6.20 Å². The Labute approximate surface area is 99.8 Å². The maximum atomic E-state index is 12.0. The van der Waals surface area contributed by atoms with Gasteiger partial charge in [0.25, 0.3) is 5.91 Å². The van der Waals surface area contributed by atoms with Crippen LogP contribution in [0.5, 0.6) is 0 Å². The third-order valence-electron chi connectivity index (χ3n) is 2.62. The quantitative estimate of drug-likeness (QED) is 0.752. The summed E-state index contributed by atoms with van der Waals surface area (Å²) < 4.78 is 5.22. The van der Waals surface area contributed by atoms with Gasteiger partial charge in [0.1, 0.15) is 5.60 Å². The first-order valence-electron chi connectivity index (χ1n) is 5.55. The van der Waals surface area contributed by atoms with Crippen LogP contribution >= 0.6 is 0 Å². The Bertz CT molecular complexity index is 470. The SMILES string of the molecule is C[C@@H]1c2[nH]ccc2C(=O)N1C(=O)OC(C)(C)C. The number of ether oxygens (including phenoxy) is 1. The highest BCUT2D eigenvalue weighted by atomic mass is 16.6. The highest BCUT2D eigenvalue weighted by molar-refractivity contribution is 6.06. The largest absolute Gasteiger partial charge is 0.443 e. The van der Waals surface area contributed by atoms with Gasteiger partial charge < -0.3 is 9.72 Å². The predicted molar refractivity (Wildman–Crippen MR) is 61.6 cm³/mol. The van der Waals surface area contributed by atoms with E-state index in [4.69, 9.17) is 4.74 Å². The number of fused-ring (bicyclic) bond motifs is 1. The molecule has 5 nitrogen and oxygen atoms in total. The molecule has 5 heteroatoms. The maximum Gasteiger partial charge on any atom is 0.417 e. The van der Waals surface area contributed by atoms with Gasteiger partial charge in [-0.3, -0.25) is 4.79 Å². The molecule has 1 aliphatic rings. The molecule has 0 unspecified atom stereocenters. The molecule has 1 aliphatic heterocycles. The second kappa shape index (κ2) is 3.61. The van der Waals surface area contributed by atoms with Crippen LogP contribution in [0.2, 0.25) is 0 Å². The zero-order chi connectivity index (χ0) is 12.8. The van der Waals surface area contributed by atoms with Crippen molar-refractivity contribution in [2.45, 2.75) is 39.3 Å². The number of rotatable bonds is 0. The standard InChI is InChI=1S/C12H16N2O3/c1-7-9-8(5-6-13-9)10(15)14(7)11(16)17-12(2,3)4/h5-7,13H,1-4H3/t7-/m1/s1. The van der Waals surface area contributed by atoms with Crippen molar-refractivity contribution in [3.8, 4) is 0 Å². The Hall–Kier alpha value is -1.78. The fourth-order valence-electron chi connectivity index (χ4n) is 1.90. The summed E-state index contributed by atoms with van der Waals surface area (Å²) >= 11 is 0. The Morgan fingerprint density at radius 1 is 1.47 bits per heavy atom. The summed E-state index contributed by atoms with van der Waals surface area (Å²) in [6, 6.07) is 1.38. The topological polar surface area (TPSA) is 62.4 Å². The van der Waals surface area contributed by atoms with E-state index < -0.39 is 11.7 Å². The summed E-state index contributed by atoms with van der Waals surface area (Å²) in [5.74, 6) is -0.303. The number of nitrogens with one attached hydrogen (secondary N) is 1. The highest BCUT2D eigenvalue weighted by Crippen LogP contribution is 2.33. The number of aromatic nitrogens is 1. The first-order chi connectivity index (χ1) is 7.81. The number of aromatic amines is 1. The summed E-state index contributed by atoms with van der Waals surface area (Å²) in [6.07, 6.45) is 1.10. The molecule has 0 saturated heterocycles. The smallest absolute Gasteiger partial charge is 0.417 e. The molecule has 0 aliphatic carbocycles. The molecule has 1 N–H and O–H groups in total. The average molecular weight is 236 g/mol. The zero-order valence-electron chi connectivity index (χ0n) is 10.4. The van der Waals surface area contributed by atoms with Crippen molar-refractivity contribution in [3.05, 3.63) is 23.5 Å². The normalized spacial score (nSPS) is 19.4. The van der Waals surface area contributed by atoms with Gasteiger partial charge >= 0.3 is 6.09 Å². The molecule has 0 saturated carbocycles. The second-order valence-electron chi connectivity index (χ2n) is 5.14. The molecule has 0 spiro atoms. The Kier molecular flexibility index (Phi) is 2.49. The van der Waals surface area contributed by atoms with Crippen molar-refractivity contribution in [1.29, 1.82) is 0 Å². The van der Waals surface area contributed by atoms with Crippen molar-refractivity contribution in [3.63, 3.8) is 0 Å². The van der Waals surface area contributed by atoms with Crippen LogP contribution in [0.25, 0.3) is 0 Å². The first kappa shape index (κ1) is 11.7. The van der Waals surface area contributed by atoms with E-state index >= 15 is 0 Å². The number of imide groups is 1. The number of nitrogens with zero attached hydrogens (tertiary/aromatic N) is 1. The van der Waals surface area contributed by atoms with E-state index in [1.807, 2.05) is 0 Å². The van der Waals surface area contributed by atoms with E-state index in [1.54, 1.807) is 40.0 Å². The Morgan fingerprint density at radius 3 is 2.65 bits per heavy atom. The van der Waals surface area contributed by atoms with Crippen LogP contribution in [0.3, 0.4) is 0 Å². The molecule has 1 aromatic heterocycles. The van der Waals surface area contributed by atoms with Crippen molar-refractivity contribution in [2.75, 3.05) is 0 Å². The Balaban J connectivity index is 2.23. The van der Waals surface area contributed by atoms with E-state index in [2.05, 4.69) is 4.98 Å². The van der Waals surface area contributed by atoms with Gasteiger partial charge in [0.05, 0.1) is 17.3 Å².